The van der Waals surface area contributed by atoms with Crippen LogP contribution < -0.4 is 15.0 Å². The molecule has 2 aromatic carbocycles. The number of carbonyl (C=O) groups excluding carboxylic acids is 3. The molecule has 0 unspecified atom stereocenters. The molecule has 0 bridgehead atoms. The van der Waals surface area contributed by atoms with Crippen molar-refractivity contribution in [3.05, 3.63) is 59.7 Å². The fraction of sp³-hybridized carbons (Fsp3) is 0.286. The van der Waals surface area contributed by atoms with Crippen LogP contribution >= 0.6 is 0 Å². The van der Waals surface area contributed by atoms with Crippen LogP contribution in [-0.4, -0.2) is 24.8 Å². The molecular formula is C21H22N2O4. The highest BCUT2D eigenvalue weighted by atomic mass is 16.5. The van der Waals surface area contributed by atoms with Crippen molar-refractivity contribution in [3.8, 4) is 5.75 Å². The summed E-state index contributed by atoms with van der Waals surface area (Å²) in [7, 11) is 1.61. The quantitative estimate of drug-likeness (QED) is 0.797. The molecule has 1 atom stereocenters. The average molecular weight is 366 g/mol. The van der Waals surface area contributed by atoms with Crippen molar-refractivity contribution < 1.29 is 19.1 Å². The summed E-state index contributed by atoms with van der Waals surface area (Å²) in [6, 6.07) is 14.0. The van der Waals surface area contributed by atoms with E-state index in [-0.39, 0.29) is 36.6 Å². The van der Waals surface area contributed by atoms with Crippen molar-refractivity contribution in [1.29, 1.82) is 0 Å². The number of rotatable bonds is 6. The van der Waals surface area contributed by atoms with Crippen molar-refractivity contribution in [1.82, 2.24) is 5.32 Å². The van der Waals surface area contributed by atoms with E-state index in [0.717, 1.165) is 17.7 Å². The highest BCUT2D eigenvalue weighted by Gasteiger charge is 2.30. The van der Waals surface area contributed by atoms with Crippen LogP contribution in [0.1, 0.15) is 48.1 Å². The molecule has 6 nitrogen and oxygen atoms in total. The Hall–Kier alpha value is -3.15. The number of nitrogens with zero attached hydrogens (tertiary/aromatic N) is 1. The molecule has 0 saturated carbocycles. The van der Waals surface area contributed by atoms with Crippen LogP contribution in [0.15, 0.2) is 48.5 Å². The number of methoxy groups -OCH3 is 1. The zero-order valence-corrected chi connectivity index (χ0v) is 15.4. The molecule has 1 saturated heterocycles. The summed E-state index contributed by atoms with van der Waals surface area (Å²) in [5, 5.41) is 3.02. The summed E-state index contributed by atoms with van der Waals surface area (Å²) in [5.41, 5.74) is 1.97. The van der Waals surface area contributed by atoms with Gasteiger partial charge in [-0.05, 0) is 48.4 Å². The lowest BCUT2D eigenvalue weighted by Crippen LogP contribution is -2.29. The van der Waals surface area contributed by atoms with Crippen LogP contribution in [0, 0.1) is 0 Å². The van der Waals surface area contributed by atoms with Crippen LogP contribution in [0.2, 0.25) is 0 Å². The van der Waals surface area contributed by atoms with Crippen molar-refractivity contribution in [2.75, 3.05) is 12.0 Å². The lowest BCUT2D eigenvalue weighted by molar-refractivity contribution is -0.121. The molecule has 140 valence electrons. The first-order chi connectivity index (χ1) is 13.0. The van der Waals surface area contributed by atoms with Gasteiger partial charge in [-0.15, -0.1) is 0 Å². The Balaban J connectivity index is 1.71. The molecule has 3 rings (SSSR count). The van der Waals surface area contributed by atoms with Crippen LogP contribution in [0.25, 0.3) is 0 Å². The molecule has 0 spiro atoms. The Bertz CT molecular complexity index is 827. The van der Waals surface area contributed by atoms with Gasteiger partial charge in [0.2, 0.25) is 11.8 Å². The van der Waals surface area contributed by atoms with E-state index in [9.17, 15) is 14.4 Å². The van der Waals surface area contributed by atoms with Crippen molar-refractivity contribution >= 4 is 23.4 Å². The Labute approximate surface area is 158 Å². The van der Waals surface area contributed by atoms with Gasteiger partial charge in [0.15, 0.2) is 0 Å². The van der Waals surface area contributed by atoms with Gasteiger partial charge in [-0.25, -0.2) is 0 Å². The third-order valence-electron chi connectivity index (χ3n) is 4.67. The smallest absolute Gasteiger partial charge is 0.251 e. The number of imide groups is 1. The lowest BCUT2D eigenvalue weighted by atomic mass is 10.0. The maximum Gasteiger partial charge on any atom is 0.251 e. The van der Waals surface area contributed by atoms with E-state index >= 15 is 0 Å². The van der Waals surface area contributed by atoms with E-state index in [4.69, 9.17) is 4.74 Å². The second kappa shape index (κ2) is 8.03. The van der Waals surface area contributed by atoms with Crippen LogP contribution in [0.3, 0.4) is 0 Å². The molecule has 0 aromatic heterocycles. The maximum atomic E-state index is 12.6. The number of amides is 3. The fourth-order valence-electron chi connectivity index (χ4n) is 3.13. The minimum atomic E-state index is -0.206. The van der Waals surface area contributed by atoms with Gasteiger partial charge in [0.25, 0.3) is 5.91 Å². The molecule has 0 aliphatic carbocycles. The first-order valence-electron chi connectivity index (χ1n) is 8.94. The SMILES string of the molecule is CC[C@@H](NC(=O)c1ccc(N2C(=O)CCC2=O)cc1)c1ccc(OC)cc1. The van der Waals surface area contributed by atoms with E-state index < -0.39 is 0 Å². The predicted octanol–water partition coefficient (Wildman–Crippen LogP) is 3.23. The summed E-state index contributed by atoms with van der Waals surface area (Å²) >= 11 is 0. The van der Waals surface area contributed by atoms with E-state index in [1.54, 1.807) is 31.4 Å². The molecule has 1 fully saturated rings. The molecule has 3 amide bonds. The Morgan fingerprint density at radius 2 is 1.63 bits per heavy atom. The third kappa shape index (κ3) is 4.00. The summed E-state index contributed by atoms with van der Waals surface area (Å²) in [5.74, 6) is 0.148. The Morgan fingerprint density at radius 3 is 2.15 bits per heavy atom. The van der Waals surface area contributed by atoms with Gasteiger partial charge >= 0.3 is 0 Å². The standard InChI is InChI=1S/C21H22N2O4/c1-3-18(14-6-10-17(27-2)11-7-14)22-21(26)15-4-8-16(9-5-15)23-19(24)12-13-20(23)25/h4-11,18H,3,12-13H2,1-2H3,(H,22,26)/t18-/m1/s1. The van der Waals surface area contributed by atoms with Gasteiger partial charge in [-0.3, -0.25) is 19.3 Å². The molecule has 6 heteroatoms. The monoisotopic (exact) mass is 366 g/mol. The second-order valence-corrected chi connectivity index (χ2v) is 6.38. The highest BCUT2D eigenvalue weighted by molar-refractivity contribution is 6.19. The first-order valence-corrected chi connectivity index (χ1v) is 8.94. The predicted molar refractivity (Wildman–Crippen MR) is 102 cm³/mol. The third-order valence-corrected chi connectivity index (χ3v) is 4.67. The van der Waals surface area contributed by atoms with E-state index in [1.165, 1.54) is 4.90 Å². The summed E-state index contributed by atoms with van der Waals surface area (Å²) in [4.78, 5) is 37.4. The van der Waals surface area contributed by atoms with Crippen molar-refractivity contribution in [2.45, 2.75) is 32.2 Å². The normalized spacial score (nSPS) is 15.0. The average Bonchev–Trinajstić information content (AvgIpc) is 3.04. The minimum Gasteiger partial charge on any atom is -0.497 e. The number of hydrogen-bond acceptors (Lipinski definition) is 4. The van der Waals surface area contributed by atoms with Crippen LogP contribution in [-0.2, 0) is 9.59 Å². The Morgan fingerprint density at radius 1 is 1.04 bits per heavy atom. The second-order valence-electron chi connectivity index (χ2n) is 6.38. The largest absolute Gasteiger partial charge is 0.497 e. The first kappa shape index (κ1) is 18.6. The van der Waals surface area contributed by atoms with Gasteiger partial charge in [0.1, 0.15) is 5.75 Å². The number of carbonyl (C=O) groups is 3. The minimum absolute atomic E-state index is 0.121. The van der Waals surface area contributed by atoms with E-state index in [1.807, 2.05) is 31.2 Å². The number of anilines is 1. The molecule has 1 heterocycles. The number of nitrogens with one attached hydrogen (secondary N) is 1. The van der Waals surface area contributed by atoms with Crippen molar-refractivity contribution in [2.24, 2.45) is 0 Å². The zero-order chi connectivity index (χ0) is 19.4. The molecule has 2 aromatic rings. The molecule has 1 N–H and O–H groups in total. The van der Waals surface area contributed by atoms with Gasteiger partial charge < -0.3 is 10.1 Å². The molecule has 27 heavy (non-hydrogen) atoms. The number of ether oxygens (including phenoxy) is 1. The van der Waals surface area contributed by atoms with E-state index in [0.29, 0.717) is 11.3 Å². The van der Waals surface area contributed by atoms with Gasteiger partial charge in [-0.1, -0.05) is 19.1 Å². The fourth-order valence-corrected chi connectivity index (χ4v) is 3.13. The topological polar surface area (TPSA) is 75.7 Å². The highest BCUT2D eigenvalue weighted by Crippen LogP contribution is 2.24. The maximum absolute atomic E-state index is 12.6. The lowest BCUT2D eigenvalue weighted by Gasteiger charge is -2.18. The summed E-state index contributed by atoms with van der Waals surface area (Å²) in [6.45, 7) is 2.00. The molecular weight excluding hydrogens is 344 g/mol. The number of hydrogen-bond donors (Lipinski definition) is 1. The van der Waals surface area contributed by atoms with Crippen molar-refractivity contribution in [3.63, 3.8) is 0 Å². The van der Waals surface area contributed by atoms with Crippen LogP contribution in [0.4, 0.5) is 5.69 Å². The molecule has 1 aliphatic heterocycles. The van der Waals surface area contributed by atoms with Crippen LogP contribution in [0.5, 0.6) is 5.75 Å². The van der Waals surface area contributed by atoms with Gasteiger partial charge in [0, 0.05) is 18.4 Å². The number of benzene rings is 2. The molecule has 1 aliphatic rings. The molecule has 0 radical (unpaired) electrons. The summed E-state index contributed by atoms with van der Waals surface area (Å²) < 4.78 is 5.16. The summed E-state index contributed by atoms with van der Waals surface area (Å²) in [6.07, 6.45) is 1.22. The van der Waals surface area contributed by atoms with Gasteiger partial charge in [-0.2, -0.15) is 0 Å². The zero-order valence-electron chi connectivity index (χ0n) is 15.4. The van der Waals surface area contributed by atoms with E-state index in [2.05, 4.69) is 5.32 Å². The van der Waals surface area contributed by atoms with Gasteiger partial charge in [0.05, 0.1) is 18.8 Å². The Kier molecular flexibility index (Phi) is 5.54.